The van der Waals surface area contributed by atoms with E-state index in [0.717, 1.165) is 11.1 Å². The Morgan fingerprint density at radius 1 is 0.939 bits per heavy atom. The third-order valence-corrected chi connectivity index (χ3v) is 6.53. The highest BCUT2D eigenvalue weighted by molar-refractivity contribution is 7.15. The van der Waals surface area contributed by atoms with Gasteiger partial charge in [-0.05, 0) is 47.5 Å². The number of anilines is 2. The molecule has 8 heteroatoms. The molecule has 2 amide bonds. The number of nitrogens with zero attached hydrogens (tertiary/aromatic N) is 3. The van der Waals surface area contributed by atoms with Gasteiger partial charge in [-0.15, -0.1) is 10.2 Å². The molecule has 0 spiro atoms. The first kappa shape index (κ1) is 21.0. The van der Waals surface area contributed by atoms with Gasteiger partial charge in [-0.3, -0.25) is 14.9 Å². The van der Waals surface area contributed by atoms with Crippen LogP contribution in [0.2, 0.25) is 0 Å². The van der Waals surface area contributed by atoms with Gasteiger partial charge in [-0.2, -0.15) is 0 Å². The van der Waals surface area contributed by atoms with E-state index >= 15 is 0 Å². The summed E-state index contributed by atoms with van der Waals surface area (Å²) in [4.78, 5) is 26.7. The molecule has 0 bridgehead atoms. The molecule has 1 aromatic heterocycles. The normalized spacial score (nSPS) is 15.6. The highest BCUT2D eigenvalue weighted by atomic mass is 32.1. The molecule has 164 valence electrons. The topological polar surface area (TPSA) is 75.2 Å². The van der Waals surface area contributed by atoms with Crippen molar-refractivity contribution in [3.63, 3.8) is 0 Å². The molecule has 0 radical (unpaired) electrons. The maximum Gasteiger partial charge on any atom is 0.257 e. The number of nitrogens with one attached hydrogen (secondary N) is 1. The number of carbonyl (C=O) groups excluding carboxylic acids is 2. The molecule has 3 aromatic carbocycles. The largest absolute Gasteiger partial charge is 0.312 e. The number of halogens is 1. The van der Waals surface area contributed by atoms with Crippen molar-refractivity contribution in [2.45, 2.75) is 12.3 Å². The van der Waals surface area contributed by atoms with Crippen LogP contribution in [-0.2, 0) is 4.79 Å². The number of hydrogen-bond donors (Lipinski definition) is 1. The summed E-state index contributed by atoms with van der Waals surface area (Å²) in [6.07, 6.45) is 0.293. The van der Waals surface area contributed by atoms with Crippen molar-refractivity contribution >= 4 is 34.0 Å². The van der Waals surface area contributed by atoms with Gasteiger partial charge in [0, 0.05) is 30.1 Å². The first-order valence-corrected chi connectivity index (χ1v) is 11.2. The second-order valence-corrected chi connectivity index (χ2v) is 8.73. The second-order valence-electron chi connectivity index (χ2n) is 7.72. The Bertz CT molecular complexity index is 1290. The molecule has 1 saturated heterocycles. The molecule has 1 fully saturated rings. The van der Waals surface area contributed by atoms with E-state index in [4.69, 9.17) is 0 Å². The molecule has 33 heavy (non-hydrogen) atoms. The fraction of sp³-hybridized carbons (Fsp3) is 0.120. The van der Waals surface area contributed by atoms with E-state index < -0.39 is 0 Å². The molecule has 1 atom stereocenters. The van der Waals surface area contributed by atoms with E-state index in [1.807, 2.05) is 42.5 Å². The van der Waals surface area contributed by atoms with E-state index in [-0.39, 0.29) is 23.5 Å². The molecule has 0 aliphatic carbocycles. The first-order chi connectivity index (χ1) is 16.1. The van der Waals surface area contributed by atoms with Crippen LogP contribution < -0.4 is 10.2 Å². The Morgan fingerprint density at radius 2 is 1.64 bits per heavy atom. The summed E-state index contributed by atoms with van der Waals surface area (Å²) < 4.78 is 13.2. The second kappa shape index (κ2) is 8.91. The smallest absolute Gasteiger partial charge is 0.257 e. The minimum atomic E-state index is -0.346. The number of rotatable bonds is 5. The Kier molecular flexibility index (Phi) is 5.66. The zero-order valence-electron chi connectivity index (χ0n) is 17.4. The zero-order chi connectivity index (χ0) is 22.8. The standard InChI is InChI=1S/C25H19FN4O2S/c26-20-10-12-21(13-11-20)30-15-19(14-22(30)31)24-28-29-25(33-24)27-23(32)18-8-6-17(7-9-18)16-4-2-1-3-5-16/h1-13,19H,14-15H2,(H,27,29,32). The summed E-state index contributed by atoms with van der Waals surface area (Å²) in [5, 5.41) is 12.1. The monoisotopic (exact) mass is 458 g/mol. The average Bonchev–Trinajstić information content (AvgIpc) is 3.47. The summed E-state index contributed by atoms with van der Waals surface area (Å²) >= 11 is 1.26. The fourth-order valence-corrected chi connectivity index (χ4v) is 4.64. The molecule has 1 unspecified atom stereocenters. The van der Waals surface area contributed by atoms with Crippen molar-refractivity contribution in [1.82, 2.24) is 10.2 Å². The molecule has 1 N–H and O–H groups in total. The molecule has 5 rings (SSSR count). The van der Waals surface area contributed by atoms with Crippen LogP contribution in [0, 0.1) is 5.82 Å². The van der Waals surface area contributed by atoms with Crippen LogP contribution in [0.25, 0.3) is 11.1 Å². The van der Waals surface area contributed by atoms with E-state index in [2.05, 4.69) is 15.5 Å². The van der Waals surface area contributed by atoms with Gasteiger partial charge in [-0.1, -0.05) is 53.8 Å². The van der Waals surface area contributed by atoms with Gasteiger partial charge in [0.2, 0.25) is 11.0 Å². The third kappa shape index (κ3) is 4.51. The molecule has 0 saturated carbocycles. The Balaban J connectivity index is 1.24. The maximum atomic E-state index is 13.2. The van der Waals surface area contributed by atoms with Crippen molar-refractivity contribution in [2.75, 3.05) is 16.8 Å². The average molecular weight is 459 g/mol. The van der Waals surface area contributed by atoms with E-state index in [1.54, 1.807) is 29.2 Å². The molecular weight excluding hydrogens is 439 g/mol. The van der Waals surface area contributed by atoms with Crippen LogP contribution in [0.3, 0.4) is 0 Å². The van der Waals surface area contributed by atoms with Crippen LogP contribution in [0.5, 0.6) is 0 Å². The summed E-state index contributed by atoms with van der Waals surface area (Å²) in [6.45, 7) is 0.438. The van der Waals surface area contributed by atoms with Crippen LogP contribution in [-0.4, -0.2) is 28.6 Å². The number of carbonyl (C=O) groups is 2. The van der Waals surface area contributed by atoms with Gasteiger partial charge in [0.25, 0.3) is 5.91 Å². The van der Waals surface area contributed by atoms with Crippen molar-refractivity contribution in [2.24, 2.45) is 0 Å². The van der Waals surface area contributed by atoms with Crippen molar-refractivity contribution in [3.8, 4) is 11.1 Å². The third-order valence-electron chi connectivity index (χ3n) is 5.53. The quantitative estimate of drug-likeness (QED) is 0.451. The Hall–Kier alpha value is -3.91. The van der Waals surface area contributed by atoms with Gasteiger partial charge >= 0.3 is 0 Å². The van der Waals surface area contributed by atoms with Crippen LogP contribution in [0.15, 0.2) is 78.9 Å². The highest BCUT2D eigenvalue weighted by Crippen LogP contribution is 2.34. The van der Waals surface area contributed by atoms with Crippen molar-refractivity contribution in [1.29, 1.82) is 0 Å². The number of hydrogen-bond acceptors (Lipinski definition) is 5. The molecule has 1 aliphatic heterocycles. The van der Waals surface area contributed by atoms with Gasteiger partial charge in [-0.25, -0.2) is 4.39 Å². The highest BCUT2D eigenvalue weighted by Gasteiger charge is 2.34. The molecule has 1 aliphatic rings. The van der Waals surface area contributed by atoms with Gasteiger partial charge < -0.3 is 4.90 Å². The molecule has 2 heterocycles. The molecular formula is C25H19FN4O2S. The van der Waals surface area contributed by atoms with Gasteiger partial charge in [0.05, 0.1) is 0 Å². The Morgan fingerprint density at radius 3 is 2.36 bits per heavy atom. The predicted octanol–water partition coefficient (Wildman–Crippen LogP) is 5.12. The zero-order valence-corrected chi connectivity index (χ0v) is 18.3. The summed E-state index contributed by atoms with van der Waals surface area (Å²) in [5.41, 5.74) is 3.28. The van der Waals surface area contributed by atoms with E-state index in [9.17, 15) is 14.0 Å². The van der Waals surface area contributed by atoms with E-state index in [1.165, 1.54) is 23.5 Å². The molecule has 6 nitrogen and oxygen atoms in total. The summed E-state index contributed by atoms with van der Waals surface area (Å²) in [7, 11) is 0. The van der Waals surface area contributed by atoms with Crippen molar-refractivity contribution in [3.05, 3.63) is 95.3 Å². The van der Waals surface area contributed by atoms with Crippen LogP contribution in [0.1, 0.15) is 27.7 Å². The number of aromatic nitrogens is 2. The minimum Gasteiger partial charge on any atom is -0.312 e. The number of benzene rings is 3. The lowest BCUT2D eigenvalue weighted by atomic mass is 10.0. The molecule has 4 aromatic rings. The minimum absolute atomic E-state index is 0.0501. The summed E-state index contributed by atoms with van der Waals surface area (Å²) in [6, 6.07) is 23.1. The lowest BCUT2D eigenvalue weighted by Gasteiger charge is -2.16. The predicted molar refractivity (Wildman–Crippen MR) is 126 cm³/mol. The van der Waals surface area contributed by atoms with Crippen LogP contribution >= 0.6 is 11.3 Å². The lowest BCUT2D eigenvalue weighted by molar-refractivity contribution is -0.117. The summed E-state index contributed by atoms with van der Waals surface area (Å²) in [5.74, 6) is -0.796. The van der Waals surface area contributed by atoms with E-state index in [0.29, 0.717) is 34.4 Å². The maximum absolute atomic E-state index is 13.2. The fourth-order valence-electron chi connectivity index (χ4n) is 3.81. The first-order valence-electron chi connectivity index (χ1n) is 10.4. The van der Waals surface area contributed by atoms with Crippen molar-refractivity contribution < 1.29 is 14.0 Å². The van der Waals surface area contributed by atoms with Crippen LogP contribution in [0.4, 0.5) is 15.2 Å². The number of amides is 2. The van der Waals surface area contributed by atoms with Gasteiger partial charge in [0.15, 0.2) is 0 Å². The lowest BCUT2D eigenvalue weighted by Crippen LogP contribution is -2.24. The van der Waals surface area contributed by atoms with Gasteiger partial charge in [0.1, 0.15) is 10.8 Å². The SMILES string of the molecule is O=C(Nc1nnc(C2CC(=O)N(c3ccc(F)cc3)C2)s1)c1ccc(-c2ccccc2)cc1. The Labute approximate surface area is 193 Å².